The smallest absolute Gasteiger partial charge is 0.415 e. The van der Waals surface area contributed by atoms with Crippen LogP contribution in [0, 0.1) is 0 Å². The molecule has 1 N–H and O–H groups in total. The highest BCUT2D eigenvalue weighted by Gasteiger charge is 2.16. The van der Waals surface area contributed by atoms with Crippen LogP contribution >= 0.6 is 0 Å². The van der Waals surface area contributed by atoms with Gasteiger partial charge in [-0.25, -0.2) is 4.79 Å². The van der Waals surface area contributed by atoms with Gasteiger partial charge in [0, 0.05) is 13.2 Å². The van der Waals surface area contributed by atoms with Crippen molar-refractivity contribution >= 4 is 11.8 Å². The van der Waals surface area contributed by atoms with Crippen LogP contribution in [0.5, 0.6) is 5.75 Å². The normalized spacial score (nSPS) is 10.2. The molecule has 1 amide bonds. The first-order valence-corrected chi connectivity index (χ1v) is 5.87. The number of hydrogen-bond acceptors (Lipinski definition) is 6. The molecule has 0 aliphatic rings. The Balaban J connectivity index is 2.99. The number of benzene rings is 1. The van der Waals surface area contributed by atoms with Crippen molar-refractivity contribution in [2.24, 2.45) is 0 Å². The monoisotopic (exact) mass is 285 g/mol. The Morgan fingerprint density at radius 2 is 2.00 bits per heavy atom. The summed E-state index contributed by atoms with van der Waals surface area (Å²) in [6, 6.07) is 5.09. The lowest BCUT2D eigenvalue weighted by molar-refractivity contribution is -0.0391. The Morgan fingerprint density at radius 1 is 1.25 bits per heavy atom. The summed E-state index contributed by atoms with van der Waals surface area (Å²) in [5, 5.41) is 9.28. The highest BCUT2D eigenvalue weighted by atomic mass is 16.7. The van der Waals surface area contributed by atoms with Crippen molar-refractivity contribution in [2.45, 2.75) is 6.61 Å². The topological polar surface area (TPSA) is 77.5 Å². The van der Waals surface area contributed by atoms with Gasteiger partial charge in [-0.15, -0.1) is 0 Å². The van der Waals surface area contributed by atoms with Gasteiger partial charge in [-0.05, 0) is 17.7 Å². The highest BCUT2D eigenvalue weighted by Crippen LogP contribution is 2.25. The van der Waals surface area contributed by atoms with E-state index in [-0.39, 0.29) is 6.79 Å². The first-order valence-electron chi connectivity index (χ1n) is 5.87. The number of rotatable bonds is 7. The van der Waals surface area contributed by atoms with Crippen LogP contribution in [-0.2, 0) is 20.8 Å². The minimum absolute atomic E-state index is 0.160. The number of hydrogen-bond donors (Lipinski definition) is 1. The summed E-state index contributed by atoms with van der Waals surface area (Å²) in [6.45, 7) is -0.0516. The average molecular weight is 285 g/mol. The van der Waals surface area contributed by atoms with E-state index >= 15 is 0 Å². The molecule has 0 bridgehead atoms. The van der Waals surface area contributed by atoms with Crippen molar-refractivity contribution in [3.05, 3.63) is 23.8 Å². The fraction of sp³-hybridized carbons (Fsp3) is 0.462. The van der Waals surface area contributed by atoms with Gasteiger partial charge in [-0.3, -0.25) is 4.90 Å². The molecule has 7 nitrogen and oxygen atoms in total. The standard InChI is InChI=1S/C13H19NO6/c1-17-9-20-7-10-4-11(6-12(5-10)18-2)14(8-15)13(16)19-3/h4-6,15H,7-9H2,1-3H3. The van der Waals surface area contributed by atoms with Crippen LogP contribution in [0.25, 0.3) is 0 Å². The summed E-state index contributed by atoms with van der Waals surface area (Å²) in [5.74, 6) is 0.542. The van der Waals surface area contributed by atoms with E-state index in [0.717, 1.165) is 10.5 Å². The summed E-state index contributed by atoms with van der Waals surface area (Å²) >= 11 is 0. The van der Waals surface area contributed by atoms with Gasteiger partial charge < -0.3 is 24.1 Å². The fourth-order valence-electron chi connectivity index (χ4n) is 1.60. The number of methoxy groups -OCH3 is 3. The Bertz CT molecular complexity index is 437. The van der Waals surface area contributed by atoms with E-state index in [4.69, 9.17) is 14.2 Å². The largest absolute Gasteiger partial charge is 0.497 e. The molecule has 0 saturated heterocycles. The van der Waals surface area contributed by atoms with Gasteiger partial charge in [0.15, 0.2) is 0 Å². The van der Waals surface area contributed by atoms with Crippen molar-refractivity contribution in [3.63, 3.8) is 0 Å². The molecule has 112 valence electrons. The maximum atomic E-state index is 11.6. The second kappa shape index (κ2) is 8.36. The summed E-state index contributed by atoms with van der Waals surface area (Å²) in [6.07, 6.45) is -0.662. The molecule has 1 rings (SSSR count). The molecule has 0 unspecified atom stereocenters. The van der Waals surface area contributed by atoms with Gasteiger partial charge in [0.1, 0.15) is 19.3 Å². The van der Waals surface area contributed by atoms with Crippen molar-refractivity contribution in [1.29, 1.82) is 0 Å². The molecule has 20 heavy (non-hydrogen) atoms. The molecule has 0 aliphatic heterocycles. The van der Waals surface area contributed by atoms with E-state index in [1.165, 1.54) is 21.3 Å². The van der Waals surface area contributed by atoms with Gasteiger partial charge in [0.05, 0.1) is 26.5 Å². The van der Waals surface area contributed by atoms with Gasteiger partial charge in [-0.1, -0.05) is 0 Å². The lowest BCUT2D eigenvalue weighted by atomic mass is 10.2. The zero-order chi connectivity index (χ0) is 15.0. The number of anilines is 1. The summed E-state index contributed by atoms with van der Waals surface area (Å²) < 4.78 is 19.8. The third kappa shape index (κ3) is 4.37. The van der Waals surface area contributed by atoms with Crippen LogP contribution < -0.4 is 9.64 Å². The first kappa shape index (κ1) is 16.2. The van der Waals surface area contributed by atoms with Crippen molar-refractivity contribution in [2.75, 3.05) is 39.8 Å². The third-order valence-corrected chi connectivity index (χ3v) is 2.50. The minimum Gasteiger partial charge on any atom is -0.497 e. The lowest BCUT2D eigenvalue weighted by Gasteiger charge is -2.20. The van der Waals surface area contributed by atoms with Gasteiger partial charge in [-0.2, -0.15) is 0 Å². The van der Waals surface area contributed by atoms with Crippen LogP contribution in [0.4, 0.5) is 10.5 Å². The predicted molar refractivity (Wildman–Crippen MR) is 71.6 cm³/mol. The summed E-state index contributed by atoms with van der Waals surface area (Å²) in [7, 11) is 4.29. The quantitative estimate of drug-likeness (QED) is 0.601. The van der Waals surface area contributed by atoms with Crippen LogP contribution in [0.3, 0.4) is 0 Å². The lowest BCUT2D eigenvalue weighted by Crippen LogP contribution is -2.31. The van der Waals surface area contributed by atoms with Gasteiger partial charge in [0.25, 0.3) is 0 Å². The van der Waals surface area contributed by atoms with Crippen molar-refractivity contribution in [3.8, 4) is 5.75 Å². The zero-order valence-corrected chi connectivity index (χ0v) is 11.8. The minimum atomic E-state index is -0.662. The first-order chi connectivity index (χ1) is 9.65. The van der Waals surface area contributed by atoms with E-state index in [1.807, 2.05) is 0 Å². The molecular formula is C13H19NO6. The number of aliphatic hydroxyl groups is 1. The molecule has 1 aromatic carbocycles. The van der Waals surface area contributed by atoms with Crippen molar-refractivity contribution in [1.82, 2.24) is 0 Å². The molecule has 7 heteroatoms. The number of nitrogens with zero attached hydrogens (tertiary/aromatic N) is 1. The zero-order valence-electron chi connectivity index (χ0n) is 11.8. The summed E-state index contributed by atoms with van der Waals surface area (Å²) in [5.41, 5.74) is 1.23. The third-order valence-electron chi connectivity index (χ3n) is 2.50. The van der Waals surface area contributed by atoms with Crippen LogP contribution in [-0.4, -0.2) is 46.1 Å². The average Bonchev–Trinajstić information content (AvgIpc) is 2.47. The number of ether oxygens (including phenoxy) is 4. The highest BCUT2D eigenvalue weighted by molar-refractivity contribution is 5.87. The number of carbonyl (C=O) groups is 1. The van der Waals surface area contributed by atoms with E-state index in [2.05, 4.69) is 4.74 Å². The van der Waals surface area contributed by atoms with Crippen molar-refractivity contribution < 1.29 is 28.8 Å². The van der Waals surface area contributed by atoms with Crippen LogP contribution in [0.2, 0.25) is 0 Å². The molecule has 0 spiro atoms. The number of amides is 1. The molecule has 1 aromatic rings. The maximum absolute atomic E-state index is 11.6. The molecule has 0 saturated carbocycles. The Morgan fingerprint density at radius 3 is 2.55 bits per heavy atom. The maximum Gasteiger partial charge on any atom is 0.415 e. The predicted octanol–water partition coefficient (Wildman–Crippen LogP) is 1.34. The van der Waals surface area contributed by atoms with Gasteiger partial charge in [0.2, 0.25) is 0 Å². The number of carbonyl (C=O) groups excluding carboxylic acids is 1. The molecule has 0 aliphatic carbocycles. The van der Waals surface area contributed by atoms with E-state index in [0.29, 0.717) is 18.0 Å². The molecule has 0 aromatic heterocycles. The SMILES string of the molecule is COCOCc1cc(OC)cc(N(CO)C(=O)OC)c1. The van der Waals surface area contributed by atoms with E-state index in [1.54, 1.807) is 18.2 Å². The fourth-order valence-corrected chi connectivity index (χ4v) is 1.60. The molecule has 0 atom stereocenters. The van der Waals surface area contributed by atoms with E-state index < -0.39 is 12.8 Å². The molecule has 0 heterocycles. The number of aliphatic hydroxyl groups excluding tert-OH is 1. The van der Waals surface area contributed by atoms with E-state index in [9.17, 15) is 9.90 Å². The van der Waals surface area contributed by atoms with Crippen LogP contribution in [0.1, 0.15) is 5.56 Å². The molecule has 0 fully saturated rings. The Labute approximate surface area is 117 Å². The molecule has 0 radical (unpaired) electrons. The Hall–Kier alpha value is -1.83. The second-order valence-corrected chi connectivity index (χ2v) is 3.83. The molecular weight excluding hydrogens is 266 g/mol. The summed E-state index contributed by atoms with van der Waals surface area (Å²) in [4.78, 5) is 12.6. The van der Waals surface area contributed by atoms with Gasteiger partial charge >= 0.3 is 6.09 Å². The van der Waals surface area contributed by atoms with Crippen LogP contribution in [0.15, 0.2) is 18.2 Å². The second-order valence-electron chi connectivity index (χ2n) is 3.83. The Kier molecular flexibility index (Phi) is 6.78.